The van der Waals surface area contributed by atoms with Crippen molar-refractivity contribution in [2.45, 2.75) is 25.4 Å². The Morgan fingerprint density at radius 2 is 1.89 bits per heavy atom. The lowest BCUT2D eigenvalue weighted by Crippen LogP contribution is -2.22. The van der Waals surface area contributed by atoms with E-state index in [2.05, 4.69) is 18.8 Å². The summed E-state index contributed by atoms with van der Waals surface area (Å²) in [4.78, 5) is 21.2. The maximum atomic E-state index is 14.5. The molecule has 2 aromatic carbocycles. The Kier molecular flexibility index (Phi) is 4.74. The molecule has 0 saturated carbocycles. The van der Waals surface area contributed by atoms with Crippen molar-refractivity contribution in [1.29, 1.82) is 0 Å². The smallest absolute Gasteiger partial charge is 0.283 e. The molecule has 27 heavy (non-hydrogen) atoms. The number of benzene rings is 2. The first-order chi connectivity index (χ1) is 13.1. The van der Waals surface area contributed by atoms with Crippen LogP contribution in [-0.2, 0) is 0 Å². The molecule has 0 fully saturated rings. The summed E-state index contributed by atoms with van der Waals surface area (Å²) in [7, 11) is 0. The van der Waals surface area contributed by atoms with Crippen molar-refractivity contribution in [2.24, 2.45) is 5.92 Å². The van der Waals surface area contributed by atoms with E-state index in [1.807, 2.05) is 24.3 Å². The van der Waals surface area contributed by atoms with E-state index in [4.69, 9.17) is 4.98 Å². The highest BCUT2D eigenvalue weighted by molar-refractivity contribution is 7.99. The summed E-state index contributed by atoms with van der Waals surface area (Å²) in [5.41, 5.74) is 1.82. The fourth-order valence-electron chi connectivity index (χ4n) is 3.07. The SMILES string of the molecule is CC(C)CCSc1nc2c([nH]c3ccccc32)c(=O)n1-c1ccccc1F. The number of aromatic amines is 1. The number of para-hydroxylation sites is 2. The number of fused-ring (bicyclic) bond motifs is 3. The molecule has 0 radical (unpaired) electrons. The van der Waals surface area contributed by atoms with Crippen LogP contribution in [0.5, 0.6) is 0 Å². The van der Waals surface area contributed by atoms with E-state index in [-0.39, 0.29) is 11.2 Å². The van der Waals surface area contributed by atoms with Crippen LogP contribution in [0.4, 0.5) is 4.39 Å². The van der Waals surface area contributed by atoms with Gasteiger partial charge in [0.25, 0.3) is 5.56 Å². The van der Waals surface area contributed by atoms with Crippen molar-refractivity contribution < 1.29 is 4.39 Å². The lowest BCUT2D eigenvalue weighted by Gasteiger charge is -2.13. The number of rotatable bonds is 5. The molecule has 6 heteroatoms. The van der Waals surface area contributed by atoms with Gasteiger partial charge in [0.05, 0.1) is 5.69 Å². The van der Waals surface area contributed by atoms with Crippen molar-refractivity contribution in [1.82, 2.24) is 14.5 Å². The Balaban J connectivity index is 1.98. The summed E-state index contributed by atoms with van der Waals surface area (Å²) in [5, 5.41) is 1.42. The number of nitrogens with zero attached hydrogens (tertiary/aromatic N) is 2. The van der Waals surface area contributed by atoms with Gasteiger partial charge in [0.15, 0.2) is 5.16 Å². The van der Waals surface area contributed by atoms with E-state index in [9.17, 15) is 9.18 Å². The molecule has 4 aromatic rings. The molecule has 0 spiro atoms. The Bertz CT molecular complexity index is 1180. The maximum absolute atomic E-state index is 14.5. The minimum atomic E-state index is -0.442. The average Bonchev–Trinajstić information content (AvgIpc) is 3.02. The van der Waals surface area contributed by atoms with Crippen LogP contribution in [0.2, 0.25) is 0 Å². The number of halogens is 1. The summed E-state index contributed by atoms with van der Waals surface area (Å²) < 4.78 is 15.9. The van der Waals surface area contributed by atoms with Crippen molar-refractivity contribution >= 4 is 33.7 Å². The first-order valence-corrected chi connectivity index (χ1v) is 9.96. The number of nitrogens with one attached hydrogen (secondary N) is 1. The number of hydrogen-bond acceptors (Lipinski definition) is 3. The standard InChI is InChI=1S/C21H20FN3OS/c1-13(2)11-12-27-21-24-18-14-7-3-5-9-16(14)23-19(18)20(26)25(21)17-10-6-4-8-15(17)22/h3-10,13,23H,11-12H2,1-2H3. The number of thioether (sulfide) groups is 1. The van der Waals surface area contributed by atoms with Crippen LogP contribution < -0.4 is 5.56 Å². The van der Waals surface area contributed by atoms with Gasteiger partial charge in [0, 0.05) is 16.7 Å². The third-order valence-corrected chi connectivity index (χ3v) is 5.49. The lowest BCUT2D eigenvalue weighted by atomic mass is 10.2. The summed E-state index contributed by atoms with van der Waals surface area (Å²) in [6.45, 7) is 4.31. The van der Waals surface area contributed by atoms with Crippen LogP contribution in [0, 0.1) is 11.7 Å². The van der Waals surface area contributed by atoms with Crippen molar-refractivity contribution in [3.63, 3.8) is 0 Å². The molecule has 2 heterocycles. The summed E-state index contributed by atoms with van der Waals surface area (Å²) in [5.74, 6) is 0.914. The molecule has 0 aliphatic heterocycles. The van der Waals surface area contributed by atoms with E-state index in [0.29, 0.717) is 22.1 Å². The molecule has 0 atom stereocenters. The molecule has 0 unspecified atom stereocenters. The summed E-state index contributed by atoms with van der Waals surface area (Å²) >= 11 is 1.49. The highest BCUT2D eigenvalue weighted by atomic mass is 32.2. The first kappa shape index (κ1) is 17.8. The number of hydrogen-bond donors (Lipinski definition) is 1. The third-order valence-electron chi connectivity index (χ3n) is 4.51. The van der Waals surface area contributed by atoms with Crippen molar-refractivity contribution in [2.75, 3.05) is 5.75 Å². The fraction of sp³-hybridized carbons (Fsp3) is 0.238. The zero-order valence-corrected chi connectivity index (χ0v) is 16.0. The van der Waals surface area contributed by atoms with E-state index in [1.165, 1.54) is 22.4 Å². The largest absolute Gasteiger partial charge is 0.349 e. The predicted octanol–water partition coefficient (Wildman–Crippen LogP) is 5.14. The van der Waals surface area contributed by atoms with Crippen LogP contribution in [0.3, 0.4) is 0 Å². The van der Waals surface area contributed by atoms with E-state index >= 15 is 0 Å². The lowest BCUT2D eigenvalue weighted by molar-refractivity contribution is 0.607. The van der Waals surface area contributed by atoms with E-state index in [1.54, 1.807) is 18.2 Å². The summed E-state index contributed by atoms with van der Waals surface area (Å²) in [6, 6.07) is 14.0. The molecule has 2 aromatic heterocycles. The predicted molar refractivity (Wildman–Crippen MR) is 109 cm³/mol. The minimum Gasteiger partial charge on any atom is -0.349 e. The van der Waals surface area contributed by atoms with Gasteiger partial charge in [-0.15, -0.1) is 0 Å². The van der Waals surface area contributed by atoms with Crippen molar-refractivity contribution in [3.8, 4) is 5.69 Å². The van der Waals surface area contributed by atoms with E-state index < -0.39 is 5.82 Å². The number of aromatic nitrogens is 3. The molecule has 0 saturated heterocycles. The monoisotopic (exact) mass is 381 g/mol. The quantitative estimate of drug-likeness (QED) is 0.384. The fourth-order valence-corrected chi connectivity index (χ4v) is 4.31. The zero-order valence-electron chi connectivity index (χ0n) is 15.2. The van der Waals surface area contributed by atoms with Crippen LogP contribution in [-0.4, -0.2) is 20.3 Å². The molecule has 0 aliphatic carbocycles. The van der Waals surface area contributed by atoms with Gasteiger partial charge in [-0.2, -0.15) is 0 Å². The highest BCUT2D eigenvalue weighted by Gasteiger charge is 2.18. The zero-order chi connectivity index (χ0) is 19.0. The highest BCUT2D eigenvalue weighted by Crippen LogP contribution is 2.27. The molecular formula is C21H20FN3OS. The van der Waals surface area contributed by atoms with E-state index in [0.717, 1.165) is 23.1 Å². The Hall–Kier alpha value is -2.60. The second-order valence-corrected chi connectivity index (χ2v) is 7.97. The second-order valence-electron chi connectivity index (χ2n) is 6.91. The second kappa shape index (κ2) is 7.19. The van der Waals surface area contributed by atoms with Gasteiger partial charge in [-0.25, -0.2) is 9.37 Å². The van der Waals surface area contributed by atoms with Crippen LogP contribution >= 0.6 is 11.8 Å². The first-order valence-electron chi connectivity index (χ1n) is 8.97. The van der Waals surface area contributed by atoms with Gasteiger partial charge < -0.3 is 4.98 Å². The van der Waals surface area contributed by atoms with Gasteiger partial charge in [-0.05, 0) is 30.5 Å². The van der Waals surface area contributed by atoms with Gasteiger partial charge in [0.2, 0.25) is 0 Å². The number of H-pyrrole nitrogens is 1. The Labute approximate surface area is 160 Å². The molecule has 4 nitrogen and oxygen atoms in total. The minimum absolute atomic E-state index is 0.225. The topological polar surface area (TPSA) is 50.7 Å². The van der Waals surface area contributed by atoms with Gasteiger partial charge in [-0.1, -0.05) is 55.9 Å². The van der Waals surface area contributed by atoms with Gasteiger partial charge >= 0.3 is 0 Å². The maximum Gasteiger partial charge on any atom is 0.283 e. The molecule has 4 rings (SSSR count). The normalized spacial score (nSPS) is 11.7. The van der Waals surface area contributed by atoms with Gasteiger partial charge in [0.1, 0.15) is 16.9 Å². The van der Waals surface area contributed by atoms with Crippen LogP contribution in [0.25, 0.3) is 27.6 Å². The Morgan fingerprint density at radius 3 is 2.67 bits per heavy atom. The molecular weight excluding hydrogens is 361 g/mol. The molecule has 1 N–H and O–H groups in total. The third kappa shape index (κ3) is 3.25. The average molecular weight is 381 g/mol. The molecule has 0 bridgehead atoms. The molecule has 0 aliphatic rings. The Morgan fingerprint density at radius 1 is 1.15 bits per heavy atom. The van der Waals surface area contributed by atoms with Crippen molar-refractivity contribution in [3.05, 3.63) is 64.7 Å². The van der Waals surface area contributed by atoms with Crippen LogP contribution in [0.1, 0.15) is 20.3 Å². The van der Waals surface area contributed by atoms with Gasteiger partial charge in [-0.3, -0.25) is 9.36 Å². The van der Waals surface area contributed by atoms with Crippen LogP contribution in [0.15, 0.2) is 58.5 Å². The summed E-state index contributed by atoms with van der Waals surface area (Å²) in [6.07, 6.45) is 0.990. The molecule has 138 valence electrons. The molecule has 0 amide bonds.